The Kier molecular flexibility index (Phi) is 2.73. The molecule has 0 aromatic carbocycles. The summed E-state index contributed by atoms with van der Waals surface area (Å²) in [6.07, 6.45) is 7.52. The van der Waals surface area contributed by atoms with Crippen LogP contribution in [-0.4, -0.2) is 11.7 Å². The van der Waals surface area contributed by atoms with Gasteiger partial charge in [-0.25, -0.2) is 0 Å². The van der Waals surface area contributed by atoms with Crippen molar-refractivity contribution in [3.05, 3.63) is 23.8 Å². The minimum atomic E-state index is -0.0851. The van der Waals surface area contributed by atoms with Gasteiger partial charge in [0.05, 0.1) is 6.61 Å². The molecule has 0 aliphatic heterocycles. The molecule has 0 saturated heterocycles. The van der Waals surface area contributed by atoms with Gasteiger partial charge in [0.2, 0.25) is 0 Å². The Hall–Kier alpha value is -0.560. The van der Waals surface area contributed by atoms with E-state index < -0.39 is 0 Å². The second kappa shape index (κ2) is 3.44. The smallest absolute Gasteiger partial charge is 0.0561 e. The first-order valence-corrected chi connectivity index (χ1v) is 4.59. The zero-order valence-electron chi connectivity index (χ0n) is 8.17. The van der Waals surface area contributed by atoms with Crippen LogP contribution in [0.5, 0.6) is 0 Å². The molecule has 0 amide bonds. The zero-order chi connectivity index (χ0) is 9.19. The molecule has 1 nitrogen and oxygen atoms in total. The van der Waals surface area contributed by atoms with Gasteiger partial charge in [0.15, 0.2) is 0 Å². The Morgan fingerprint density at radius 3 is 2.58 bits per heavy atom. The lowest BCUT2D eigenvalue weighted by Gasteiger charge is -2.36. The average Bonchev–Trinajstić information content (AvgIpc) is 2.05. The first kappa shape index (κ1) is 9.53. The molecule has 1 atom stereocenters. The maximum absolute atomic E-state index is 9.39. The second-order valence-corrected chi connectivity index (χ2v) is 3.88. The normalized spacial score (nSPS) is 29.2. The van der Waals surface area contributed by atoms with Crippen LogP contribution in [0.2, 0.25) is 0 Å². The first-order valence-electron chi connectivity index (χ1n) is 4.59. The lowest BCUT2D eigenvalue weighted by molar-refractivity contribution is 0.153. The summed E-state index contributed by atoms with van der Waals surface area (Å²) in [5.41, 5.74) is 1.22. The molecule has 0 spiro atoms. The molecule has 0 fully saturated rings. The van der Waals surface area contributed by atoms with Crippen LogP contribution in [-0.2, 0) is 0 Å². The van der Waals surface area contributed by atoms with E-state index in [1.807, 2.05) is 0 Å². The summed E-state index contributed by atoms with van der Waals surface area (Å²) in [6.45, 7) is 6.65. The molecule has 1 aliphatic carbocycles. The van der Waals surface area contributed by atoms with E-state index in [0.29, 0.717) is 5.92 Å². The van der Waals surface area contributed by atoms with Crippen LogP contribution in [0.15, 0.2) is 23.8 Å². The van der Waals surface area contributed by atoms with Crippen molar-refractivity contribution in [1.82, 2.24) is 0 Å². The summed E-state index contributed by atoms with van der Waals surface area (Å²) in [5, 5.41) is 9.39. The fourth-order valence-corrected chi connectivity index (χ4v) is 1.85. The van der Waals surface area contributed by atoms with Crippen LogP contribution in [0, 0.1) is 11.3 Å². The van der Waals surface area contributed by atoms with Crippen LogP contribution < -0.4 is 0 Å². The third-order valence-electron chi connectivity index (χ3n) is 3.00. The summed E-state index contributed by atoms with van der Waals surface area (Å²) >= 11 is 0. The van der Waals surface area contributed by atoms with Crippen molar-refractivity contribution in [2.24, 2.45) is 11.3 Å². The minimum Gasteiger partial charge on any atom is -0.395 e. The molecule has 1 aliphatic rings. The van der Waals surface area contributed by atoms with Crippen molar-refractivity contribution in [2.75, 3.05) is 6.61 Å². The lowest BCUT2D eigenvalue weighted by Crippen LogP contribution is -2.31. The number of aliphatic hydroxyl groups is 1. The van der Waals surface area contributed by atoms with Gasteiger partial charge < -0.3 is 5.11 Å². The predicted molar refractivity (Wildman–Crippen MR) is 51.9 cm³/mol. The molecule has 0 heterocycles. The van der Waals surface area contributed by atoms with E-state index in [9.17, 15) is 5.11 Å². The highest BCUT2D eigenvalue weighted by Gasteiger charge is 2.32. The van der Waals surface area contributed by atoms with E-state index in [2.05, 4.69) is 39.0 Å². The minimum absolute atomic E-state index is 0.0851. The van der Waals surface area contributed by atoms with E-state index in [1.165, 1.54) is 5.57 Å². The van der Waals surface area contributed by atoms with Gasteiger partial charge in [0.25, 0.3) is 0 Å². The molecule has 0 aromatic rings. The van der Waals surface area contributed by atoms with Crippen LogP contribution in [0.3, 0.4) is 0 Å². The molecule has 1 N–H and O–H groups in total. The van der Waals surface area contributed by atoms with Gasteiger partial charge in [-0.3, -0.25) is 0 Å². The van der Waals surface area contributed by atoms with Crippen molar-refractivity contribution >= 4 is 0 Å². The van der Waals surface area contributed by atoms with Crippen LogP contribution in [0.25, 0.3) is 0 Å². The maximum Gasteiger partial charge on any atom is 0.0561 e. The number of hydrogen-bond acceptors (Lipinski definition) is 1. The first-order chi connectivity index (χ1) is 5.63. The van der Waals surface area contributed by atoms with E-state index in [0.717, 1.165) is 6.42 Å². The fourth-order valence-electron chi connectivity index (χ4n) is 1.85. The summed E-state index contributed by atoms with van der Waals surface area (Å²) in [7, 11) is 0. The lowest BCUT2D eigenvalue weighted by atomic mass is 9.70. The van der Waals surface area contributed by atoms with Gasteiger partial charge in [0.1, 0.15) is 0 Å². The molecule has 12 heavy (non-hydrogen) atoms. The molecule has 0 radical (unpaired) electrons. The van der Waals surface area contributed by atoms with E-state index >= 15 is 0 Å². The monoisotopic (exact) mass is 166 g/mol. The van der Waals surface area contributed by atoms with Gasteiger partial charge in [-0.15, -0.1) is 0 Å². The summed E-state index contributed by atoms with van der Waals surface area (Å²) < 4.78 is 0. The van der Waals surface area contributed by atoms with Crippen molar-refractivity contribution in [1.29, 1.82) is 0 Å². The molecule has 0 saturated carbocycles. The number of rotatable bonds is 2. The van der Waals surface area contributed by atoms with E-state index in [-0.39, 0.29) is 12.0 Å². The summed E-state index contributed by atoms with van der Waals surface area (Å²) in [4.78, 5) is 0. The van der Waals surface area contributed by atoms with Crippen LogP contribution in [0.4, 0.5) is 0 Å². The standard InChI is InChI=1S/C11H18O/c1-9(2)11(8-12)7-5-4-6-10(11)3/h5-7,9,12H,4,8H2,1-3H3/t11-/m1/s1. The topological polar surface area (TPSA) is 20.2 Å². The molecule has 1 rings (SSSR count). The zero-order valence-corrected chi connectivity index (χ0v) is 8.17. The van der Waals surface area contributed by atoms with Gasteiger partial charge in [0, 0.05) is 5.41 Å². The fraction of sp³-hybridized carbons (Fsp3) is 0.636. The number of hydrogen-bond donors (Lipinski definition) is 1. The van der Waals surface area contributed by atoms with Crippen molar-refractivity contribution < 1.29 is 5.11 Å². The molecule has 0 bridgehead atoms. The van der Waals surface area contributed by atoms with E-state index in [4.69, 9.17) is 0 Å². The van der Waals surface area contributed by atoms with Gasteiger partial charge >= 0.3 is 0 Å². The summed E-state index contributed by atoms with van der Waals surface area (Å²) in [5.74, 6) is 0.468. The highest BCUT2D eigenvalue weighted by atomic mass is 16.3. The quantitative estimate of drug-likeness (QED) is 0.625. The third kappa shape index (κ3) is 1.34. The molecule has 1 heteroatoms. The van der Waals surface area contributed by atoms with E-state index in [1.54, 1.807) is 0 Å². The Morgan fingerprint density at radius 2 is 2.25 bits per heavy atom. The van der Waals surface area contributed by atoms with Crippen LogP contribution in [0.1, 0.15) is 27.2 Å². The van der Waals surface area contributed by atoms with Crippen molar-refractivity contribution in [3.8, 4) is 0 Å². The Morgan fingerprint density at radius 1 is 1.58 bits per heavy atom. The maximum atomic E-state index is 9.39. The Balaban J connectivity index is 2.98. The van der Waals surface area contributed by atoms with Crippen molar-refractivity contribution in [3.63, 3.8) is 0 Å². The highest BCUT2D eigenvalue weighted by Crippen LogP contribution is 2.39. The Labute approximate surface area is 74.8 Å². The van der Waals surface area contributed by atoms with Gasteiger partial charge in [-0.05, 0) is 19.3 Å². The number of allylic oxidation sites excluding steroid dienone is 2. The molecule has 0 unspecified atom stereocenters. The predicted octanol–water partition coefficient (Wildman–Crippen LogP) is 2.53. The van der Waals surface area contributed by atoms with Crippen molar-refractivity contribution in [2.45, 2.75) is 27.2 Å². The third-order valence-corrected chi connectivity index (χ3v) is 3.00. The van der Waals surface area contributed by atoms with Gasteiger partial charge in [-0.1, -0.05) is 37.6 Å². The second-order valence-electron chi connectivity index (χ2n) is 3.88. The largest absolute Gasteiger partial charge is 0.395 e. The van der Waals surface area contributed by atoms with Crippen LogP contribution >= 0.6 is 0 Å². The molecule has 0 aromatic heterocycles. The molecule has 68 valence electrons. The average molecular weight is 166 g/mol. The molecular formula is C11H18O. The SMILES string of the molecule is CC1=CCC=C[C@@]1(CO)C(C)C. The van der Waals surface area contributed by atoms with Gasteiger partial charge in [-0.2, -0.15) is 0 Å². The number of aliphatic hydroxyl groups excluding tert-OH is 1. The Bertz CT molecular complexity index is 213. The highest BCUT2D eigenvalue weighted by molar-refractivity contribution is 5.26. The summed E-state index contributed by atoms with van der Waals surface area (Å²) in [6, 6.07) is 0. The molecular weight excluding hydrogens is 148 g/mol.